The first-order valence-electron chi connectivity index (χ1n) is 10.6. The number of carboxylic acids is 1. The minimum absolute atomic E-state index is 0. The van der Waals surface area contributed by atoms with E-state index in [-0.39, 0.29) is 64.1 Å². The van der Waals surface area contributed by atoms with Gasteiger partial charge in [0.05, 0.1) is 17.2 Å². The van der Waals surface area contributed by atoms with E-state index in [1.165, 1.54) is 24.1 Å². The van der Waals surface area contributed by atoms with Crippen LogP contribution in [0.4, 0.5) is 5.13 Å². The molecule has 0 saturated carbocycles. The average molecular weight is 620 g/mol. The van der Waals surface area contributed by atoms with Gasteiger partial charge in [0.25, 0.3) is 11.8 Å². The number of β-lactam (4-membered cyclic amide) rings is 1. The maximum atomic E-state index is 13.1. The molecule has 1 unspecified atom stereocenters. The van der Waals surface area contributed by atoms with Gasteiger partial charge in [-0.25, -0.2) is 14.6 Å². The highest BCUT2D eigenvalue weighted by Crippen LogP contribution is 2.40. The summed E-state index contributed by atoms with van der Waals surface area (Å²) < 4.78 is 4.89. The highest BCUT2D eigenvalue weighted by molar-refractivity contribution is 8.00. The van der Waals surface area contributed by atoms with Gasteiger partial charge in [-0.05, 0) is 0 Å². The number of carboxylic acid groups (broad SMARTS) is 1. The summed E-state index contributed by atoms with van der Waals surface area (Å²) in [5, 5.41) is 26.7. The van der Waals surface area contributed by atoms with Crippen LogP contribution in [0, 0.1) is 5.41 Å². The number of hydrogen-bond acceptors (Lipinski definition) is 13. The summed E-state index contributed by atoms with van der Waals surface area (Å²) in [6.07, 6.45) is -0.00611. The predicted molar refractivity (Wildman–Crippen MR) is 147 cm³/mol. The van der Waals surface area contributed by atoms with E-state index in [0.717, 1.165) is 23.2 Å². The van der Waals surface area contributed by atoms with Crippen LogP contribution in [-0.2, 0) is 33.5 Å². The molecule has 2 atom stereocenters. The second-order valence-corrected chi connectivity index (χ2v) is 10.2. The van der Waals surface area contributed by atoms with Crippen molar-refractivity contribution in [3.05, 3.63) is 22.3 Å². The van der Waals surface area contributed by atoms with E-state index < -0.39 is 46.8 Å². The number of halogens is 1. The lowest BCUT2D eigenvalue weighted by atomic mass is 10.0. The number of aromatic nitrogens is 1. The van der Waals surface area contributed by atoms with Crippen molar-refractivity contribution in [1.82, 2.24) is 15.2 Å². The first-order chi connectivity index (χ1) is 17.9. The summed E-state index contributed by atoms with van der Waals surface area (Å²) in [7, 11) is 0. The number of amidine groups is 1. The fourth-order valence-electron chi connectivity index (χ4n) is 3.28. The van der Waals surface area contributed by atoms with Crippen LogP contribution in [-0.4, -0.2) is 85.0 Å². The maximum absolute atomic E-state index is 13.1. The third kappa shape index (κ3) is 7.71. The molecule has 0 aliphatic carbocycles. The zero-order valence-corrected chi connectivity index (χ0v) is 23.5. The van der Waals surface area contributed by atoms with E-state index in [1.807, 2.05) is 0 Å². The number of carbonyl (C=O) groups is 5. The van der Waals surface area contributed by atoms with Crippen LogP contribution in [0.2, 0.25) is 0 Å². The van der Waals surface area contributed by atoms with Crippen molar-refractivity contribution in [3.8, 4) is 0 Å². The van der Waals surface area contributed by atoms with Gasteiger partial charge in [0.15, 0.2) is 10.8 Å². The Morgan fingerprint density at radius 2 is 2.03 bits per heavy atom. The molecule has 3 heterocycles. The predicted octanol–water partition coefficient (Wildman–Crippen LogP) is 0.199. The topological polar surface area (TPSA) is 226 Å². The summed E-state index contributed by atoms with van der Waals surface area (Å²) in [6, 6.07) is -1.11. The number of nitrogens with one attached hydrogen (secondary N) is 3. The van der Waals surface area contributed by atoms with Crippen molar-refractivity contribution in [2.75, 3.05) is 17.7 Å². The molecule has 1 saturated heterocycles. The van der Waals surface area contributed by atoms with Gasteiger partial charge in [0, 0.05) is 30.6 Å². The Morgan fingerprint density at radius 3 is 2.62 bits per heavy atom. The minimum Gasteiger partial charge on any atom is -0.477 e. The van der Waals surface area contributed by atoms with Gasteiger partial charge in [-0.15, -0.1) is 35.5 Å². The van der Waals surface area contributed by atoms with Crippen LogP contribution in [0.3, 0.4) is 0 Å². The number of amides is 2. The molecule has 1 fully saturated rings. The van der Waals surface area contributed by atoms with Crippen LogP contribution in [0.15, 0.2) is 21.8 Å². The van der Waals surface area contributed by atoms with Crippen molar-refractivity contribution < 1.29 is 38.7 Å². The number of rotatable bonds is 10. The Bertz CT molecular complexity index is 1300. The Morgan fingerprint density at radius 1 is 1.33 bits per heavy atom. The number of thiocarbonyl (C=S) groups is 1. The molecule has 0 radical (unpaired) electrons. The number of thiazole rings is 1. The molecule has 2 aliphatic rings. The number of carbonyl (C=O) groups excluding carboxylic acids is 4. The number of oxime groups is 1. The molecule has 19 heteroatoms. The molecular formula is C20H22ClN7O8S3. The fourth-order valence-corrected chi connectivity index (χ4v) is 5.65. The second kappa shape index (κ2) is 13.5. The summed E-state index contributed by atoms with van der Waals surface area (Å²) in [5.74, 6) is -4.40. The Labute approximate surface area is 240 Å². The zero-order valence-electron chi connectivity index (χ0n) is 20.2. The fraction of sp³-hybridized carbons (Fsp3) is 0.350. The number of thioether (sulfide) groups is 1. The third-order valence-electron chi connectivity index (χ3n) is 4.81. The normalized spacial score (nSPS) is 18.2. The molecule has 2 amide bonds. The lowest BCUT2D eigenvalue weighted by molar-refractivity contribution is -0.150. The molecule has 210 valence electrons. The van der Waals surface area contributed by atoms with Gasteiger partial charge in [-0.2, -0.15) is 0 Å². The van der Waals surface area contributed by atoms with E-state index >= 15 is 0 Å². The van der Waals surface area contributed by atoms with Crippen molar-refractivity contribution in [2.45, 2.75) is 31.7 Å². The van der Waals surface area contributed by atoms with E-state index in [4.69, 9.17) is 28.1 Å². The largest absolute Gasteiger partial charge is 0.477 e. The molecule has 39 heavy (non-hydrogen) atoms. The lowest BCUT2D eigenvalue weighted by Crippen LogP contribution is -2.71. The van der Waals surface area contributed by atoms with Gasteiger partial charge in [0.1, 0.15) is 29.4 Å². The smallest absolute Gasteiger partial charge is 0.352 e. The van der Waals surface area contributed by atoms with E-state index in [1.54, 1.807) is 0 Å². The maximum Gasteiger partial charge on any atom is 0.352 e. The SMILES string of the molecule is CC(=O)OCC1=C(C(=O)O)N2C(=O)C(NC(=O)C(=NOC(C)=O)c3csc(NC(=S)CC(=N)N)n3)[C@@H]2SC1.Cl. The number of ether oxygens (including phenoxy) is 1. The van der Waals surface area contributed by atoms with Crippen LogP contribution < -0.4 is 16.4 Å². The number of fused-ring (bicyclic) bond motifs is 1. The van der Waals surface area contributed by atoms with Crippen LogP contribution >= 0.6 is 47.7 Å². The Balaban J connectivity index is 0.00000533. The minimum atomic E-state index is -1.38. The van der Waals surface area contributed by atoms with Crippen molar-refractivity contribution >= 4 is 99.1 Å². The second-order valence-electron chi connectivity index (χ2n) is 7.71. The molecule has 15 nitrogen and oxygen atoms in total. The molecule has 1 aromatic rings. The number of aliphatic carboxylic acids is 1. The molecule has 0 spiro atoms. The summed E-state index contributed by atoms with van der Waals surface area (Å²) >= 11 is 7.30. The molecule has 0 aromatic carbocycles. The highest BCUT2D eigenvalue weighted by Gasteiger charge is 2.54. The van der Waals surface area contributed by atoms with Crippen LogP contribution in [0.1, 0.15) is 26.0 Å². The number of nitrogens with two attached hydrogens (primary N) is 1. The number of anilines is 1. The van der Waals surface area contributed by atoms with Gasteiger partial charge >= 0.3 is 17.9 Å². The monoisotopic (exact) mass is 619 g/mol. The first kappa shape index (κ1) is 31.6. The van der Waals surface area contributed by atoms with Crippen LogP contribution in [0.5, 0.6) is 0 Å². The first-order valence-corrected chi connectivity index (χ1v) is 12.9. The number of nitrogens with zero attached hydrogens (tertiary/aromatic N) is 3. The number of esters is 1. The third-order valence-corrected chi connectivity index (χ3v) is 7.15. The van der Waals surface area contributed by atoms with Gasteiger partial charge in [0.2, 0.25) is 0 Å². The molecule has 3 rings (SSSR count). The van der Waals surface area contributed by atoms with Gasteiger partial charge in [-0.1, -0.05) is 17.4 Å². The van der Waals surface area contributed by atoms with Crippen molar-refractivity contribution in [2.24, 2.45) is 10.9 Å². The highest BCUT2D eigenvalue weighted by atomic mass is 35.5. The van der Waals surface area contributed by atoms with E-state index in [0.29, 0.717) is 0 Å². The Hall–Kier alpha value is -3.61. The molecule has 1 aromatic heterocycles. The average Bonchev–Trinajstić information content (AvgIpc) is 3.27. The molecule has 0 bridgehead atoms. The summed E-state index contributed by atoms with van der Waals surface area (Å²) in [5.41, 5.74) is 4.84. The summed E-state index contributed by atoms with van der Waals surface area (Å²) in [6.45, 7) is 1.97. The van der Waals surface area contributed by atoms with Gasteiger partial charge in [-0.3, -0.25) is 24.7 Å². The van der Waals surface area contributed by atoms with Crippen LogP contribution in [0.25, 0.3) is 0 Å². The lowest BCUT2D eigenvalue weighted by Gasteiger charge is -2.49. The van der Waals surface area contributed by atoms with E-state index in [2.05, 4.69) is 25.6 Å². The standard InChI is InChI=1S/C20H21N7O8S3.ClH/c1-7(28)34-4-9-5-37-18-14(17(31)27(18)15(9)19(32)33)25-16(30)13(26-35-8(2)29)10-6-38-20(23-10)24-12(36)3-11(21)22;/h6,14,18H,3-5H2,1-2H3,(H3,21,22)(H,25,30)(H,32,33)(H,23,24,36);1H/t14?,18-;/m0./s1. The molecule has 6 N–H and O–H groups in total. The molecule has 2 aliphatic heterocycles. The van der Waals surface area contributed by atoms with E-state index in [9.17, 15) is 29.1 Å². The summed E-state index contributed by atoms with van der Waals surface area (Å²) in [4.78, 5) is 70.3. The van der Waals surface area contributed by atoms with Crippen molar-refractivity contribution in [1.29, 1.82) is 5.41 Å². The quantitative estimate of drug-likeness (QED) is 0.0449. The number of hydrogen-bond donors (Lipinski definition) is 5. The Kier molecular flexibility index (Phi) is 10.9. The van der Waals surface area contributed by atoms with Gasteiger partial charge < -0.3 is 31.0 Å². The van der Waals surface area contributed by atoms with Crippen molar-refractivity contribution in [3.63, 3.8) is 0 Å². The zero-order chi connectivity index (χ0) is 28.1. The molecular weight excluding hydrogens is 598 g/mol.